The summed E-state index contributed by atoms with van der Waals surface area (Å²) >= 11 is 17.5. The van der Waals surface area contributed by atoms with E-state index in [1.165, 1.54) is 12.2 Å². The van der Waals surface area contributed by atoms with Gasteiger partial charge in [0.25, 0.3) is 5.91 Å². The largest absolute Gasteiger partial charge is 0.452 e. The van der Waals surface area contributed by atoms with Crippen LogP contribution in [0.1, 0.15) is 5.56 Å². The number of esters is 1. The Morgan fingerprint density at radius 3 is 2.54 bits per heavy atom. The quantitative estimate of drug-likeness (QED) is 0.592. The number of carbonyl (C=O) groups is 2. The van der Waals surface area contributed by atoms with Gasteiger partial charge in [0, 0.05) is 16.8 Å². The first-order chi connectivity index (χ1) is 11.4. The number of carbonyl (C=O) groups excluding carboxylic acids is 2. The number of anilines is 1. The summed E-state index contributed by atoms with van der Waals surface area (Å²) in [5.74, 6) is -1.11. The summed E-state index contributed by atoms with van der Waals surface area (Å²) in [6.07, 6.45) is 2.71. The van der Waals surface area contributed by atoms with Crippen LogP contribution in [-0.2, 0) is 14.3 Å². The monoisotopic (exact) mass is 383 g/mol. The normalized spacial score (nSPS) is 10.6. The van der Waals surface area contributed by atoms with Crippen molar-refractivity contribution in [2.24, 2.45) is 0 Å². The molecule has 0 heterocycles. The lowest BCUT2D eigenvalue weighted by atomic mass is 10.2. The SMILES string of the molecule is O=C(COC(=O)C=Cc1ccc(Cl)c(Cl)c1)Nc1cccc(Cl)c1. The smallest absolute Gasteiger partial charge is 0.331 e. The van der Waals surface area contributed by atoms with E-state index in [0.717, 1.165) is 0 Å². The summed E-state index contributed by atoms with van der Waals surface area (Å²) < 4.78 is 4.85. The van der Waals surface area contributed by atoms with E-state index < -0.39 is 18.5 Å². The summed E-state index contributed by atoms with van der Waals surface area (Å²) in [5.41, 5.74) is 1.21. The third kappa shape index (κ3) is 5.89. The average molecular weight is 385 g/mol. The van der Waals surface area contributed by atoms with Gasteiger partial charge in [-0.05, 0) is 42.0 Å². The molecule has 2 aromatic rings. The first-order valence-electron chi connectivity index (χ1n) is 6.79. The van der Waals surface area contributed by atoms with Crippen molar-refractivity contribution in [2.75, 3.05) is 11.9 Å². The van der Waals surface area contributed by atoms with E-state index in [-0.39, 0.29) is 0 Å². The second kappa shape index (κ2) is 8.73. The number of hydrogen-bond acceptors (Lipinski definition) is 3. The van der Waals surface area contributed by atoms with E-state index in [1.54, 1.807) is 42.5 Å². The molecule has 0 aliphatic rings. The van der Waals surface area contributed by atoms with E-state index in [4.69, 9.17) is 39.5 Å². The molecule has 0 aliphatic heterocycles. The van der Waals surface area contributed by atoms with Gasteiger partial charge < -0.3 is 10.1 Å². The van der Waals surface area contributed by atoms with Crippen LogP contribution in [0.15, 0.2) is 48.5 Å². The molecule has 1 amide bonds. The standard InChI is InChI=1S/C17H12Cl3NO3/c18-12-2-1-3-13(9-12)21-16(22)10-24-17(23)7-5-11-4-6-14(19)15(20)8-11/h1-9H,10H2,(H,21,22). The van der Waals surface area contributed by atoms with Crippen molar-refractivity contribution in [3.05, 3.63) is 69.2 Å². The molecule has 24 heavy (non-hydrogen) atoms. The molecular formula is C17H12Cl3NO3. The molecule has 1 N–H and O–H groups in total. The fourth-order valence-electron chi connectivity index (χ4n) is 1.73. The number of benzene rings is 2. The van der Waals surface area contributed by atoms with Crippen LogP contribution in [0.5, 0.6) is 0 Å². The Morgan fingerprint density at radius 1 is 1.04 bits per heavy atom. The minimum atomic E-state index is -0.651. The average Bonchev–Trinajstić information content (AvgIpc) is 2.54. The van der Waals surface area contributed by atoms with E-state index in [2.05, 4.69) is 5.32 Å². The molecule has 0 spiro atoms. The first-order valence-corrected chi connectivity index (χ1v) is 7.93. The Labute approximate surface area is 154 Å². The molecule has 0 saturated carbocycles. The lowest BCUT2D eigenvalue weighted by Gasteiger charge is -2.05. The van der Waals surface area contributed by atoms with Gasteiger partial charge in [0.2, 0.25) is 0 Å². The van der Waals surface area contributed by atoms with Gasteiger partial charge in [-0.15, -0.1) is 0 Å². The fraction of sp³-hybridized carbons (Fsp3) is 0.0588. The summed E-state index contributed by atoms with van der Waals surface area (Å²) in [6, 6.07) is 11.6. The third-order valence-corrected chi connectivity index (χ3v) is 3.78. The molecule has 0 bridgehead atoms. The zero-order chi connectivity index (χ0) is 17.5. The van der Waals surface area contributed by atoms with Crippen LogP contribution < -0.4 is 5.32 Å². The van der Waals surface area contributed by atoms with Gasteiger partial charge in [-0.1, -0.05) is 46.9 Å². The minimum Gasteiger partial charge on any atom is -0.452 e. The summed E-state index contributed by atoms with van der Waals surface area (Å²) in [5, 5.41) is 3.87. The van der Waals surface area contributed by atoms with Crippen molar-refractivity contribution < 1.29 is 14.3 Å². The number of amides is 1. The lowest BCUT2D eigenvalue weighted by molar-refractivity contribution is -0.142. The number of ether oxygens (including phenoxy) is 1. The van der Waals surface area contributed by atoms with Crippen molar-refractivity contribution in [3.8, 4) is 0 Å². The molecule has 2 rings (SSSR count). The van der Waals surface area contributed by atoms with E-state index >= 15 is 0 Å². The molecule has 0 aliphatic carbocycles. The van der Waals surface area contributed by atoms with Crippen molar-refractivity contribution in [1.82, 2.24) is 0 Å². The molecule has 0 saturated heterocycles. The van der Waals surface area contributed by atoms with Crippen LogP contribution in [-0.4, -0.2) is 18.5 Å². The van der Waals surface area contributed by atoms with Crippen molar-refractivity contribution in [3.63, 3.8) is 0 Å². The molecule has 124 valence electrons. The van der Waals surface area contributed by atoms with Crippen LogP contribution in [0, 0.1) is 0 Å². The Hall–Kier alpha value is -2.01. The highest BCUT2D eigenvalue weighted by Crippen LogP contribution is 2.23. The maximum absolute atomic E-state index is 11.7. The van der Waals surface area contributed by atoms with Gasteiger partial charge in [-0.25, -0.2) is 4.79 Å². The van der Waals surface area contributed by atoms with Crippen LogP contribution in [0.3, 0.4) is 0 Å². The molecule has 4 nitrogen and oxygen atoms in total. The molecule has 0 unspecified atom stereocenters. The summed E-state index contributed by atoms with van der Waals surface area (Å²) in [6.45, 7) is -0.406. The van der Waals surface area contributed by atoms with Crippen molar-refractivity contribution in [1.29, 1.82) is 0 Å². The highest BCUT2D eigenvalue weighted by molar-refractivity contribution is 6.42. The minimum absolute atomic E-state index is 0.382. The Bertz CT molecular complexity index is 790. The zero-order valence-corrected chi connectivity index (χ0v) is 14.5. The van der Waals surface area contributed by atoms with Crippen molar-refractivity contribution >= 4 is 58.4 Å². The molecule has 0 radical (unpaired) electrons. The first kappa shape index (κ1) is 18.3. The predicted molar refractivity (Wildman–Crippen MR) is 96.5 cm³/mol. The van der Waals surface area contributed by atoms with Gasteiger partial charge >= 0.3 is 5.97 Å². The van der Waals surface area contributed by atoms with Gasteiger partial charge in [-0.3, -0.25) is 4.79 Å². The fourth-order valence-corrected chi connectivity index (χ4v) is 2.23. The number of halogens is 3. The number of rotatable bonds is 5. The molecule has 7 heteroatoms. The molecule has 0 aromatic heterocycles. The predicted octanol–water partition coefficient (Wildman–Crippen LogP) is 4.84. The Kier molecular flexibility index (Phi) is 6.67. The van der Waals surface area contributed by atoms with Gasteiger partial charge in [0.15, 0.2) is 6.61 Å². The second-order valence-corrected chi connectivity index (χ2v) is 5.92. The maximum Gasteiger partial charge on any atom is 0.331 e. The van der Waals surface area contributed by atoms with Gasteiger partial charge in [0.05, 0.1) is 10.0 Å². The zero-order valence-electron chi connectivity index (χ0n) is 12.3. The van der Waals surface area contributed by atoms with E-state index in [1.807, 2.05) is 0 Å². The lowest BCUT2D eigenvalue weighted by Crippen LogP contribution is -2.20. The van der Waals surface area contributed by atoms with Crippen LogP contribution in [0.25, 0.3) is 6.08 Å². The highest BCUT2D eigenvalue weighted by Gasteiger charge is 2.06. The summed E-state index contributed by atoms with van der Waals surface area (Å²) in [4.78, 5) is 23.3. The van der Waals surface area contributed by atoms with E-state index in [0.29, 0.717) is 26.3 Å². The number of hydrogen-bond donors (Lipinski definition) is 1. The third-order valence-electron chi connectivity index (χ3n) is 2.81. The van der Waals surface area contributed by atoms with Crippen LogP contribution >= 0.6 is 34.8 Å². The summed E-state index contributed by atoms with van der Waals surface area (Å²) in [7, 11) is 0. The van der Waals surface area contributed by atoms with Crippen LogP contribution in [0.2, 0.25) is 15.1 Å². The molecule has 0 fully saturated rings. The Balaban J connectivity index is 1.83. The van der Waals surface area contributed by atoms with Gasteiger partial charge in [0.1, 0.15) is 0 Å². The Morgan fingerprint density at radius 2 is 1.83 bits per heavy atom. The van der Waals surface area contributed by atoms with Gasteiger partial charge in [-0.2, -0.15) is 0 Å². The molecule has 0 atom stereocenters. The van der Waals surface area contributed by atoms with Crippen molar-refractivity contribution in [2.45, 2.75) is 0 Å². The van der Waals surface area contributed by atoms with E-state index in [9.17, 15) is 9.59 Å². The maximum atomic E-state index is 11.7. The highest BCUT2D eigenvalue weighted by atomic mass is 35.5. The molecule has 2 aromatic carbocycles. The topological polar surface area (TPSA) is 55.4 Å². The molecular weight excluding hydrogens is 373 g/mol. The van der Waals surface area contributed by atoms with Crippen LogP contribution in [0.4, 0.5) is 5.69 Å². The second-order valence-electron chi connectivity index (χ2n) is 4.67. The number of nitrogens with one attached hydrogen (secondary N) is 1.